The van der Waals surface area contributed by atoms with Crippen LogP contribution in [0.3, 0.4) is 0 Å². The third kappa shape index (κ3) is 3.70. The van der Waals surface area contributed by atoms with Crippen molar-refractivity contribution >= 4 is 23.2 Å². The van der Waals surface area contributed by atoms with Gasteiger partial charge in [-0.15, -0.1) is 11.3 Å². The standard InChI is InChI=1S/C21H25N3O4S/c25-17(24-9-3-4-13(24)10-18(26)27)11-16-19(14-5-1-2-6-15(14)29-16)21-22-20(23-28-21)12-7-8-12/h12-13H,1-11H2,(H,26,27). The van der Waals surface area contributed by atoms with Crippen molar-refractivity contribution in [2.75, 3.05) is 6.54 Å². The van der Waals surface area contributed by atoms with Gasteiger partial charge in [0.15, 0.2) is 5.82 Å². The highest BCUT2D eigenvalue weighted by molar-refractivity contribution is 7.12. The number of carboxylic acid groups (broad SMARTS) is 1. The van der Waals surface area contributed by atoms with E-state index in [1.807, 2.05) is 0 Å². The second-order valence-electron chi connectivity index (χ2n) is 8.40. The van der Waals surface area contributed by atoms with Crippen molar-refractivity contribution in [2.45, 2.75) is 76.2 Å². The molecule has 0 bridgehead atoms. The van der Waals surface area contributed by atoms with Crippen molar-refractivity contribution in [3.05, 3.63) is 21.1 Å². The van der Waals surface area contributed by atoms with Crippen molar-refractivity contribution in [2.24, 2.45) is 0 Å². The number of aliphatic carboxylic acids is 1. The van der Waals surface area contributed by atoms with Crippen molar-refractivity contribution in [3.63, 3.8) is 0 Å². The average Bonchev–Trinajstić information content (AvgIpc) is 3.10. The Balaban J connectivity index is 1.44. The maximum Gasteiger partial charge on any atom is 0.305 e. The number of nitrogens with zero attached hydrogens (tertiary/aromatic N) is 3. The molecule has 2 aliphatic carbocycles. The van der Waals surface area contributed by atoms with E-state index >= 15 is 0 Å². The van der Waals surface area contributed by atoms with Crippen LogP contribution in [0.1, 0.15) is 72.0 Å². The number of hydrogen-bond donors (Lipinski definition) is 1. The molecular weight excluding hydrogens is 390 g/mol. The highest BCUT2D eigenvalue weighted by atomic mass is 32.1. The highest BCUT2D eigenvalue weighted by Crippen LogP contribution is 2.43. The Labute approximate surface area is 173 Å². The molecule has 1 saturated heterocycles. The normalized spacial score (nSPS) is 21.4. The Kier molecular flexibility index (Phi) is 4.89. The van der Waals surface area contributed by atoms with Crippen LogP contribution in [0, 0.1) is 0 Å². The third-order valence-corrected chi connectivity index (χ3v) is 7.55. The Morgan fingerprint density at radius 2 is 2.00 bits per heavy atom. The zero-order valence-electron chi connectivity index (χ0n) is 16.4. The molecule has 1 saturated carbocycles. The van der Waals surface area contributed by atoms with E-state index in [0.29, 0.717) is 18.4 Å². The number of amides is 1. The fourth-order valence-corrected chi connectivity index (χ4v) is 6.04. The number of fused-ring (bicyclic) bond motifs is 1. The molecule has 2 aromatic heterocycles. The number of carbonyl (C=O) groups excluding carboxylic acids is 1. The van der Waals surface area contributed by atoms with Crippen LogP contribution in [0.5, 0.6) is 0 Å². The maximum atomic E-state index is 13.1. The van der Waals surface area contributed by atoms with Crippen molar-refractivity contribution in [3.8, 4) is 11.5 Å². The van der Waals surface area contributed by atoms with Crippen LogP contribution in [0.15, 0.2) is 4.52 Å². The molecule has 0 aromatic carbocycles. The van der Waals surface area contributed by atoms with Crippen LogP contribution in [-0.2, 0) is 28.9 Å². The molecule has 0 spiro atoms. The monoisotopic (exact) mass is 415 g/mol. The van der Waals surface area contributed by atoms with E-state index in [4.69, 9.17) is 9.63 Å². The third-order valence-electron chi connectivity index (χ3n) is 6.26. The molecule has 0 radical (unpaired) electrons. The van der Waals surface area contributed by atoms with Gasteiger partial charge in [0, 0.05) is 28.3 Å². The second kappa shape index (κ2) is 7.55. The van der Waals surface area contributed by atoms with Gasteiger partial charge in [0.1, 0.15) is 0 Å². The van der Waals surface area contributed by atoms with E-state index in [1.54, 1.807) is 16.2 Å². The number of thiophene rings is 1. The first-order valence-electron chi connectivity index (χ1n) is 10.6. The smallest absolute Gasteiger partial charge is 0.305 e. The first-order valence-corrected chi connectivity index (χ1v) is 11.4. The molecule has 1 atom stereocenters. The summed E-state index contributed by atoms with van der Waals surface area (Å²) < 4.78 is 5.64. The lowest BCUT2D eigenvalue weighted by Gasteiger charge is -2.23. The van der Waals surface area contributed by atoms with Crippen LogP contribution in [0.4, 0.5) is 0 Å². The number of aryl methyl sites for hydroxylation is 1. The first-order chi connectivity index (χ1) is 14.1. The maximum absolute atomic E-state index is 13.1. The minimum atomic E-state index is -0.847. The van der Waals surface area contributed by atoms with Crippen LogP contribution in [-0.4, -0.2) is 44.6 Å². The Bertz CT molecular complexity index is 946. The summed E-state index contributed by atoms with van der Waals surface area (Å²) in [7, 11) is 0. The van der Waals surface area contributed by atoms with Crippen molar-refractivity contribution in [1.82, 2.24) is 15.0 Å². The van der Waals surface area contributed by atoms with Crippen LogP contribution < -0.4 is 0 Å². The van der Waals surface area contributed by atoms with Crippen molar-refractivity contribution < 1.29 is 19.2 Å². The summed E-state index contributed by atoms with van der Waals surface area (Å²) >= 11 is 1.70. The highest BCUT2D eigenvalue weighted by Gasteiger charge is 2.34. The Hall–Kier alpha value is -2.22. The van der Waals surface area contributed by atoms with Gasteiger partial charge < -0.3 is 14.5 Å². The van der Waals surface area contributed by atoms with Gasteiger partial charge in [-0.1, -0.05) is 5.16 Å². The fourth-order valence-electron chi connectivity index (χ4n) is 4.66. The fraction of sp³-hybridized carbons (Fsp3) is 0.619. The minimum Gasteiger partial charge on any atom is -0.481 e. The van der Waals surface area contributed by atoms with Crippen LogP contribution >= 0.6 is 11.3 Å². The number of carbonyl (C=O) groups is 2. The minimum absolute atomic E-state index is 0.00975. The van der Waals surface area contributed by atoms with Gasteiger partial charge in [0.25, 0.3) is 5.89 Å². The largest absolute Gasteiger partial charge is 0.481 e. The van der Waals surface area contributed by atoms with E-state index < -0.39 is 5.97 Å². The molecule has 2 aromatic rings. The summed E-state index contributed by atoms with van der Waals surface area (Å²) in [6, 6.07) is -0.192. The molecule has 2 fully saturated rings. The van der Waals surface area contributed by atoms with Crippen molar-refractivity contribution in [1.29, 1.82) is 0 Å². The molecule has 1 aliphatic heterocycles. The van der Waals surface area contributed by atoms with E-state index in [-0.39, 0.29) is 24.8 Å². The summed E-state index contributed by atoms with van der Waals surface area (Å²) in [5.74, 6) is 0.927. The number of likely N-dealkylation sites (tertiary alicyclic amines) is 1. The van der Waals surface area contributed by atoms with Gasteiger partial charge in [0.05, 0.1) is 18.4 Å². The zero-order chi connectivity index (χ0) is 20.0. The summed E-state index contributed by atoms with van der Waals surface area (Å²) in [6.45, 7) is 0.642. The quantitative estimate of drug-likeness (QED) is 0.775. The molecule has 8 heteroatoms. The lowest BCUT2D eigenvalue weighted by Crippen LogP contribution is -2.37. The second-order valence-corrected chi connectivity index (χ2v) is 9.59. The van der Waals surface area contributed by atoms with E-state index in [9.17, 15) is 9.59 Å². The van der Waals surface area contributed by atoms with E-state index in [1.165, 1.54) is 16.9 Å². The first kappa shape index (κ1) is 18.8. The van der Waals surface area contributed by atoms with Gasteiger partial charge >= 0.3 is 5.97 Å². The molecule has 3 heterocycles. The summed E-state index contributed by atoms with van der Waals surface area (Å²) in [5, 5.41) is 13.3. The number of hydrogen-bond acceptors (Lipinski definition) is 6. The SMILES string of the molecule is O=C(O)CC1CCCN1C(=O)Cc1sc2c(c1-c1nc(C3CC3)no1)CCCC2. The molecule has 3 aliphatic rings. The lowest BCUT2D eigenvalue weighted by atomic mass is 9.94. The Morgan fingerprint density at radius 3 is 2.79 bits per heavy atom. The average molecular weight is 416 g/mol. The molecule has 154 valence electrons. The van der Waals surface area contributed by atoms with E-state index in [0.717, 1.165) is 61.2 Å². The topological polar surface area (TPSA) is 96.5 Å². The predicted octanol–water partition coefficient (Wildman–Crippen LogP) is 3.56. The summed E-state index contributed by atoms with van der Waals surface area (Å²) in [6.07, 6.45) is 8.51. The van der Waals surface area contributed by atoms with Gasteiger partial charge in [-0.3, -0.25) is 9.59 Å². The molecule has 5 rings (SSSR count). The van der Waals surface area contributed by atoms with Gasteiger partial charge in [-0.25, -0.2) is 0 Å². The predicted molar refractivity (Wildman–Crippen MR) is 107 cm³/mol. The summed E-state index contributed by atoms with van der Waals surface area (Å²) in [5.41, 5.74) is 2.25. The van der Waals surface area contributed by atoms with Gasteiger partial charge in [-0.05, 0) is 56.9 Å². The number of aromatic nitrogens is 2. The van der Waals surface area contributed by atoms with E-state index in [2.05, 4.69) is 10.1 Å². The molecular formula is C21H25N3O4S. The van der Waals surface area contributed by atoms with Crippen LogP contribution in [0.2, 0.25) is 0 Å². The summed E-state index contributed by atoms with van der Waals surface area (Å²) in [4.78, 5) is 33.0. The molecule has 1 amide bonds. The zero-order valence-corrected chi connectivity index (χ0v) is 17.2. The van der Waals surface area contributed by atoms with Crippen LogP contribution in [0.25, 0.3) is 11.5 Å². The molecule has 7 nitrogen and oxygen atoms in total. The van der Waals surface area contributed by atoms with Gasteiger partial charge in [0.2, 0.25) is 5.91 Å². The molecule has 1 N–H and O–H groups in total. The molecule has 1 unspecified atom stereocenters. The number of carboxylic acids is 1. The Morgan fingerprint density at radius 1 is 1.17 bits per heavy atom. The molecule has 29 heavy (non-hydrogen) atoms. The number of rotatable bonds is 6. The lowest BCUT2D eigenvalue weighted by molar-refractivity contribution is -0.139. The van der Waals surface area contributed by atoms with Gasteiger partial charge in [-0.2, -0.15) is 4.98 Å².